The first-order valence-electron chi connectivity index (χ1n) is 10.5. The maximum atomic E-state index is 5.76. The fraction of sp³-hybridized carbons (Fsp3) is 1.00. The Hall–Kier alpha value is -0.360. The van der Waals surface area contributed by atoms with Gasteiger partial charge in [0, 0.05) is 40.3 Å². The van der Waals surface area contributed by atoms with Gasteiger partial charge in [0.2, 0.25) is 0 Å². The van der Waals surface area contributed by atoms with Crippen molar-refractivity contribution >= 4 is 0 Å². The van der Waals surface area contributed by atoms with E-state index in [1.165, 1.54) is 0 Å². The summed E-state index contributed by atoms with van der Waals surface area (Å²) < 4.78 is 50.2. The highest BCUT2D eigenvalue weighted by Gasteiger charge is 2.40. The molecule has 172 valence electrons. The molecule has 4 atom stereocenters. The van der Waals surface area contributed by atoms with Gasteiger partial charge in [-0.1, -0.05) is 0 Å². The van der Waals surface area contributed by atoms with Gasteiger partial charge in [0.25, 0.3) is 0 Å². The van der Waals surface area contributed by atoms with Gasteiger partial charge >= 0.3 is 0 Å². The normalized spacial score (nSPS) is 24.8. The first kappa shape index (κ1) is 24.9. The lowest BCUT2D eigenvalue weighted by atomic mass is 10.1. The van der Waals surface area contributed by atoms with E-state index in [1.54, 1.807) is 14.2 Å². The van der Waals surface area contributed by atoms with Crippen molar-refractivity contribution in [2.45, 2.75) is 50.5 Å². The molecule has 4 unspecified atom stereocenters. The predicted molar refractivity (Wildman–Crippen MR) is 104 cm³/mol. The molecule has 2 fully saturated rings. The average Bonchev–Trinajstić information content (AvgIpc) is 3.64. The highest BCUT2D eigenvalue weighted by Crippen LogP contribution is 2.28. The van der Waals surface area contributed by atoms with Gasteiger partial charge in [-0.3, -0.25) is 0 Å². The molecule has 2 aliphatic rings. The average molecular weight is 423 g/mol. The largest absolute Gasteiger partial charge is 0.377 e. The van der Waals surface area contributed by atoms with Crippen LogP contribution in [0.4, 0.5) is 0 Å². The molecule has 9 heteroatoms. The van der Waals surface area contributed by atoms with Gasteiger partial charge in [-0.15, -0.1) is 0 Å². The molecule has 2 aliphatic heterocycles. The van der Waals surface area contributed by atoms with Crippen LogP contribution >= 0.6 is 0 Å². The van der Waals surface area contributed by atoms with Gasteiger partial charge in [-0.05, 0) is 13.8 Å². The second kappa shape index (κ2) is 13.1. The number of hydrogen-bond donors (Lipinski definition) is 0. The third-order valence-corrected chi connectivity index (χ3v) is 4.83. The van der Waals surface area contributed by atoms with Crippen molar-refractivity contribution in [2.75, 3.05) is 80.3 Å². The Morgan fingerprint density at radius 3 is 1.38 bits per heavy atom. The van der Waals surface area contributed by atoms with Gasteiger partial charge in [-0.2, -0.15) is 0 Å². The number of ether oxygens (including phenoxy) is 9. The van der Waals surface area contributed by atoms with E-state index in [-0.39, 0.29) is 12.2 Å². The number of methoxy groups -OCH3 is 2. The summed E-state index contributed by atoms with van der Waals surface area (Å²) >= 11 is 0. The van der Waals surface area contributed by atoms with Crippen molar-refractivity contribution in [3.05, 3.63) is 0 Å². The fourth-order valence-corrected chi connectivity index (χ4v) is 3.11. The Bertz CT molecular complexity index is 392. The van der Waals surface area contributed by atoms with Gasteiger partial charge in [0.05, 0.1) is 51.8 Å². The van der Waals surface area contributed by atoms with Crippen LogP contribution < -0.4 is 0 Å². The summed E-state index contributed by atoms with van der Waals surface area (Å²) in [7, 11) is 3.26. The summed E-state index contributed by atoms with van der Waals surface area (Å²) in [5, 5.41) is 0. The van der Waals surface area contributed by atoms with Crippen LogP contribution in [0, 0.1) is 0 Å². The van der Waals surface area contributed by atoms with Crippen molar-refractivity contribution in [3.8, 4) is 0 Å². The van der Waals surface area contributed by atoms with Crippen molar-refractivity contribution < 1.29 is 42.6 Å². The molecule has 0 amide bonds. The molecular formula is C20H38O9. The first-order chi connectivity index (χ1) is 14.1. The predicted octanol–water partition coefficient (Wildman–Crippen LogP) is 1.37. The van der Waals surface area contributed by atoms with Crippen LogP contribution in [-0.4, -0.2) is 104 Å². The lowest BCUT2D eigenvalue weighted by Gasteiger charge is -2.31. The quantitative estimate of drug-likeness (QED) is 0.164. The third kappa shape index (κ3) is 9.54. The van der Waals surface area contributed by atoms with Crippen LogP contribution in [0.15, 0.2) is 0 Å². The molecule has 2 saturated heterocycles. The second-order valence-electron chi connectivity index (χ2n) is 7.13. The molecule has 0 aromatic rings. The van der Waals surface area contributed by atoms with E-state index in [2.05, 4.69) is 0 Å². The van der Waals surface area contributed by atoms with E-state index < -0.39 is 11.6 Å². The lowest BCUT2D eigenvalue weighted by Crippen LogP contribution is -2.42. The van der Waals surface area contributed by atoms with Crippen LogP contribution in [0.25, 0.3) is 0 Å². The van der Waals surface area contributed by atoms with E-state index in [0.29, 0.717) is 65.7 Å². The molecule has 0 aliphatic carbocycles. The number of epoxide rings is 2. The smallest absolute Gasteiger partial charge is 0.194 e. The molecule has 2 rings (SSSR count). The Labute approximate surface area is 174 Å². The van der Waals surface area contributed by atoms with Gasteiger partial charge < -0.3 is 42.6 Å². The summed E-state index contributed by atoms with van der Waals surface area (Å²) in [6, 6.07) is 0. The zero-order chi connectivity index (χ0) is 21.0. The van der Waals surface area contributed by atoms with E-state index >= 15 is 0 Å². The minimum Gasteiger partial charge on any atom is -0.377 e. The second-order valence-corrected chi connectivity index (χ2v) is 7.13. The zero-order valence-electron chi connectivity index (χ0n) is 18.3. The molecule has 0 bridgehead atoms. The minimum atomic E-state index is -0.757. The van der Waals surface area contributed by atoms with Crippen LogP contribution in [-0.2, 0) is 42.6 Å². The number of hydrogen-bond acceptors (Lipinski definition) is 9. The van der Waals surface area contributed by atoms with Crippen molar-refractivity contribution in [1.82, 2.24) is 0 Å². The molecule has 0 saturated carbocycles. The van der Waals surface area contributed by atoms with E-state index in [9.17, 15) is 0 Å². The van der Waals surface area contributed by atoms with Crippen LogP contribution in [0.5, 0.6) is 0 Å². The molecule has 2 heterocycles. The van der Waals surface area contributed by atoms with E-state index in [0.717, 1.165) is 13.2 Å². The molecule has 29 heavy (non-hydrogen) atoms. The van der Waals surface area contributed by atoms with Crippen LogP contribution in [0.3, 0.4) is 0 Å². The van der Waals surface area contributed by atoms with Crippen molar-refractivity contribution in [3.63, 3.8) is 0 Å². The van der Waals surface area contributed by atoms with Crippen LogP contribution in [0.1, 0.15) is 26.7 Å². The third-order valence-electron chi connectivity index (χ3n) is 4.83. The summed E-state index contributed by atoms with van der Waals surface area (Å²) in [5.74, 6) is -1.51. The maximum absolute atomic E-state index is 5.76. The summed E-state index contributed by atoms with van der Waals surface area (Å²) in [6.45, 7) is 8.98. The highest BCUT2D eigenvalue weighted by atomic mass is 16.7. The Morgan fingerprint density at radius 2 is 1.07 bits per heavy atom. The zero-order valence-corrected chi connectivity index (χ0v) is 18.3. The van der Waals surface area contributed by atoms with Gasteiger partial charge in [0.1, 0.15) is 13.2 Å². The highest BCUT2D eigenvalue weighted by molar-refractivity contribution is 4.81. The molecule has 0 aromatic carbocycles. The topological polar surface area (TPSA) is 89.7 Å². The Morgan fingerprint density at radius 1 is 0.690 bits per heavy atom. The monoisotopic (exact) mass is 422 g/mol. The molecule has 9 nitrogen and oxygen atoms in total. The fourth-order valence-electron chi connectivity index (χ4n) is 3.11. The van der Waals surface area contributed by atoms with E-state index in [1.807, 2.05) is 13.8 Å². The first-order valence-corrected chi connectivity index (χ1v) is 10.5. The molecule has 0 radical (unpaired) electrons. The Balaban J connectivity index is 1.53. The van der Waals surface area contributed by atoms with Crippen molar-refractivity contribution in [2.24, 2.45) is 0 Å². The summed E-state index contributed by atoms with van der Waals surface area (Å²) in [6.07, 6.45) is 1.72. The molecule has 0 N–H and O–H groups in total. The Kier molecular flexibility index (Phi) is 11.3. The molecule has 0 aromatic heterocycles. The minimum absolute atomic E-state index is 0.195. The SMILES string of the molecule is CCOC(COCCOCCOCC(CC1CO1)(OC)OCC)(CC1CO1)OC. The summed E-state index contributed by atoms with van der Waals surface area (Å²) in [5.41, 5.74) is 0. The standard InChI is InChI=1S/C20H38O9/c1-5-28-19(21-3,11-17-13-26-17)15-24-9-7-23-8-10-25-16-20(22-4,29-6-2)12-18-14-27-18/h17-18H,5-16H2,1-4H3. The van der Waals surface area contributed by atoms with Gasteiger partial charge in [0.15, 0.2) is 11.6 Å². The summed E-state index contributed by atoms with van der Waals surface area (Å²) in [4.78, 5) is 0. The van der Waals surface area contributed by atoms with Gasteiger partial charge in [-0.25, -0.2) is 0 Å². The lowest BCUT2D eigenvalue weighted by molar-refractivity contribution is -0.254. The van der Waals surface area contributed by atoms with E-state index in [4.69, 9.17) is 42.6 Å². The maximum Gasteiger partial charge on any atom is 0.194 e. The van der Waals surface area contributed by atoms with Crippen LogP contribution in [0.2, 0.25) is 0 Å². The van der Waals surface area contributed by atoms with Crippen molar-refractivity contribution in [1.29, 1.82) is 0 Å². The number of rotatable bonds is 20. The molecule has 0 spiro atoms. The molecular weight excluding hydrogens is 384 g/mol.